The predicted octanol–water partition coefficient (Wildman–Crippen LogP) is 6.26. The van der Waals surface area contributed by atoms with Crippen LogP contribution in [0.15, 0.2) is 77.6 Å². The number of aromatic amines is 1. The number of benzene rings is 3. The molecule has 0 saturated heterocycles. The van der Waals surface area contributed by atoms with E-state index in [0.29, 0.717) is 32.4 Å². The average molecular weight is 433 g/mol. The smallest absolute Gasteiger partial charge is 0.266 e. The number of nitriles is 1. The fraction of sp³-hybridized carbons (Fsp3) is 0. The first-order valence-electron chi connectivity index (χ1n) is 8.99. The molecule has 0 aliphatic heterocycles. The summed E-state index contributed by atoms with van der Waals surface area (Å²) in [5, 5.41) is 20.8. The Kier molecular flexibility index (Phi) is 5.33. The highest BCUT2D eigenvalue weighted by Crippen LogP contribution is 2.37. The molecule has 0 aliphatic carbocycles. The number of aromatic hydroxyl groups is 1. The SMILES string of the molecule is N#Cc1c(-c2cc(Cl)ccc2Cl)cc(-c2cc(-c3ccccc3)ccc2O)[nH]c1=O. The van der Waals surface area contributed by atoms with E-state index in [9.17, 15) is 15.2 Å². The van der Waals surface area contributed by atoms with Crippen LogP contribution in [0.5, 0.6) is 5.75 Å². The highest BCUT2D eigenvalue weighted by Gasteiger charge is 2.17. The summed E-state index contributed by atoms with van der Waals surface area (Å²) in [7, 11) is 0. The minimum atomic E-state index is -0.578. The molecule has 4 aromatic rings. The standard InChI is InChI=1S/C24H14Cl2N2O2/c25-16-7-8-21(26)18(11-16)17-12-22(28-24(30)20(17)13-27)19-10-15(6-9-23(19)29)14-4-2-1-3-5-14/h1-12,29H,(H,28,30). The number of pyridine rings is 1. The first-order chi connectivity index (χ1) is 14.5. The molecule has 2 N–H and O–H groups in total. The summed E-state index contributed by atoms with van der Waals surface area (Å²) in [6.45, 7) is 0. The lowest BCUT2D eigenvalue weighted by Gasteiger charge is -2.12. The molecule has 0 fully saturated rings. The van der Waals surface area contributed by atoms with Gasteiger partial charge in [-0.2, -0.15) is 5.26 Å². The number of nitrogens with one attached hydrogen (secondary N) is 1. The maximum Gasteiger partial charge on any atom is 0.266 e. The Morgan fingerprint density at radius 2 is 1.60 bits per heavy atom. The molecule has 6 heteroatoms. The number of hydrogen-bond acceptors (Lipinski definition) is 3. The van der Waals surface area contributed by atoms with E-state index in [-0.39, 0.29) is 11.3 Å². The summed E-state index contributed by atoms with van der Waals surface area (Å²) in [6, 6.07) is 23.2. The van der Waals surface area contributed by atoms with Gasteiger partial charge in [-0.05, 0) is 47.5 Å². The van der Waals surface area contributed by atoms with Gasteiger partial charge < -0.3 is 10.1 Å². The quantitative estimate of drug-likeness (QED) is 0.400. The molecule has 4 rings (SSSR count). The van der Waals surface area contributed by atoms with Crippen LogP contribution in [0.2, 0.25) is 10.0 Å². The van der Waals surface area contributed by atoms with E-state index in [4.69, 9.17) is 23.2 Å². The molecule has 0 radical (unpaired) electrons. The van der Waals surface area contributed by atoms with Crippen LogP contribution in [0.1, 0.15) is 5.56 Å². The molecule has 1 heterocycles. The van der Waals surface area contributed by atoms with Gasteiger partial charge in [0.15, 0.2) is 0 Å². The van der Waals surface area contributed by atoms with Crippen LogP contribution in [0, 0.1) is 11.3 Å². The molecule has 146 valence electrons. The number of aromatic nitrogens is 1. The van der Waals surface area contributed by atoms with Crippen LogP contribution in [-0.2, 0) is 0 Å². The molecule has 4 nitrogen and oxygen atoms in total. The predicted molar refractivity (Wildman–Crippen MR) is 120 cm³/mol. The summed E-state index contributed by atoms with van der Waals surface area (Å²) in [5.74, 6) is -0.00169. The molecular formula is C24H14Cl2N2O2. The van der Waals surface area contributed by atoms with Crippen molar-refractivity contribution < 1.29 is 5.11 Å². The zero-order valence-corrected chi connectivity index (χ0v) is 17.0. The van der Waals surface area contributed by atoms with Gasteiger partial charge in [-0.25, -0.2) is 0 Å². The largest absolute Gasteiger partial charge is 0.507 e. The number of phenols is 1. The third-order valence-electron chi connectivity index (χ3n) is 4.76. The van der Waals surface area contributed by atoms with Crippen molar-refractivity contribution in [3.05, 3.63) is 98.8 Å². The molecule has 0 aliphatic rings. The summed E-state index contributed by atoms with van der Waals surface area (Å²) in [4.78, 5) is 15.4. The third-order valence-corrected chi connectivity index (χ3v) is 5.32. The fourth-order valence-corrected chi connectivity index (χ4v) is 3.69. The van der Waals surface area contributed by atoms with Gasteiger partial charge in [0.25, 0.3) is 5.56 Å². The van der Waals surface area contributed by atoms with Gasteiger partial charge in [-0.3, -0.25) is 4.79 Å². The van der Waals surface area contributed by atoms with E-state index >= 15 is 0 Å². The normalized spacial score (nSPS) is 10.6. The number of hydrogen-bond donors (Lipinski definition) is 2. The maximum atomic E-state index is 12.7. The molecule has 0 unspecified atom stereocenters. The molecule has 0 atom stereocenters. The van der Waals surface area contributed by atoms with Gasteiger partial charge in [0.1, 0.15) is 17.4 Å². The molecule has 0 amide bonds. The van der Waals surface area contributed by atoms with E-state index in [1.54, 1.807) is 42.5 Å². The van der Waals surface area contributed by atoms with Crippen LogP contribution in [0.4, 0.5) is 0 Å². The summed E-state index contributed by atoms with van der Waals surface area (Å²) < 4.78 is 0. The van der Waals surface area contributed by atoms with Crippen molar-refractivity contribution in [3.8, 4) is 45.3 Å². The lowest BCUT2D eigenvalue weighted by molar-refractivity contribution is 0.477. The fourth-order valence-electron chi connectivity index (χ4n) is 3.29. The topological polar surface area (TPSA) is 76.9 Å². The summed E-state index contributed by atoms with van der Waals surface area (Å²) in [6.07, 6.45) is 0. The van der Waals surface area contributed by atoms with Gasteiger partial charge in [0.05, 0.1) is 5.69 Å². The van der Waals surface area contributed by atoms with Gasteiger partial charge in [0, 0.05) is 26.7 Å². The maximum absolute atomic E-state index is 12.7. The van der Waals surface area contributed by atoms with Gasteiger partial charge in [0.2, 0.25) is 0 Å². The molecule has 0 saturated carbocycles. The number of H-pyrrole nitrogens is 1. The van der Waals surface area contributed by atoms with Crippen LogP contribution in [0.3, 0.4) is 0 Å². The second kappa shape index (κ2) is 8.08. The van der Waals surface area contributed by atoms with Crippen molar-refractivity contribution in [3.63, 3.8) is 0 Å². The Morgan fingerprint density at radius 1 is 0.833 bits per heavy atom. The van der Waals surface area contributed by atoms with Crippen molar-refractivity contribution >= 4 is 23.2 Å². The second-order valence-corrected chi connectivity index (χ2v) is 7.48. The molecule has 0 bridgehead atoms. The van der Waals surface area contributed by atoms with Crippen molar-refractivity contribution in [2.45, 2.75) is 0 Å². The van der Waals surface area contributed by atoms with E-state index in [1.165, 1.54) is 0 Å². The zero-order valence-electron chi connectivity index (χ0n) is 15.5. The lowest BCUT2D eigenvalue weighted by atomic mass is 9.96. The Hall–Kier alpha value is -3.52. The van der Waals surface area contributed by atoms with Crippen molar-refractivity contribution in [1.29, 1.82) is 5.26 Å². The minimum absolute atomic E-state index is 0.00169. The number of nitrogens with zero attached hydrogens (tertiary/aromatic N) is 1. The van der Waals surface area contributed by atoms with Crippen LogP contribution in [-0.4, -0.2) is 10.1 Å². The lowest BCUT2D eigenvalue weighted by Crippen LogP contribution is -2.13. The molecule has 1 aromatic heterocycles. The minimum Gasteiger partial charge on any atom is -0.507 e. The molecular weight excluding hydrogens is 419 g/mol. The van der Waals surface area contributed by atoms with E-state index in [2.05, 4.69) is 4.98 Å². The van der Waals surface area contributed by atoms with E-state index < -0.39 is 5.56 Å². The van der Waals surface area contributed by atoms with Gasteiger partial charge in [-0.15, -0.1) is 0 Å². The Labute approximate surface area is 182 Å². The zero-order chi connectivity index (χ0) is 21.3. The number of phenolic OH excluding ortho intramolecular Hbond substituents is 1. The molecule has 3 aromatic carbocycles. The van der Waals surface area contributed by atoms with Gasteiger partial charge >= 0.3 is 0 Å². The van der Waals surface area contributed by atoms with Crippen molar-refractivity contribution in [2.75, 3.05) is 0 Å². The Balaban J connectivity index is 1.96. The highest BCUT2D eigenvalue weighted by molar-refractivity contribution is 6.35. The summed E-state index contributed by atoms with van der Waals surface area (Å²) in [5.41, 5.74) is 2.77. The van der Waals surface area contributed by atoms with Crippen LogP contribution in [0.25, 0.3) is 33.5 Å². The third kappa shape index (κ3) is 3.69. The van der Waals surface area contributed by atoms with Crippen molar-refractivity contribution in [1.82, 2.24) is 4.98 Å². The Bertz CT molecular complexity index is 1360. The van der Waals surface area contributed by atoms with E-state index in [1.807, 2.05) is 36.4 Å². The van der Waals surface area contributed by atoms with E-state index in [0.717, 1.165) is 11.1 Å². The van der Waals surface area contributed by atoms with Crippen LogP contribution < -0.4 is 5.56 Å². The highest BCUT2D eigenvalue weighted by atomic mass is 35.5. The van der Waals surface area contributed by atoms with Crippen molar-refractivity contribution in [2.24, 2.45) is 0 Å². The summed E-state index contributed by atoms with van der Waals surface area (Å²) >= 11 is 12.4. The Morgan fingerprint density at radius 3 is 2.33 bits per heavy atom. The second-order valence-electron chi connectivity index (χ2n) is 6.63. The van der Waals surface area contributed by atoms with Crippen LogP contribution >= 0.6 is 23.2 Å². The number of rotatable bonds is 3. The first kappa shape index (κ1) is 19.8. The van der Waals surface area contributed by atoms with Gasteiger partial charge in [-0.1, -0.05) is 59.6 Å². The average Bonchev–Trinajstić information content (AvgIpc) is 2.76. The monoisotopic (exact) mass is 432 g/mol. The molecule has 30 heavy (non-hydrogen) atoms. The first-order valence-corrected chi connectivity index (χ1v) is 9.75. The number of halogens is 2. The molecule has 0 spiro atoms.